The van der Waals surface area contributed by atoms with Crippen molar-refractivity contribution in [3.63, 3.8) is 0 Å². The van der Waals surface area contributed by atoms with Crippen molar-refractivity contribution in [3.05, 3.63) is 28.8 Å². The Hall–Kier alpha value is -0.830. The minimum atomic E-state index is -2.94. The summed E-state index contributed by atoms with van der Waals surface area (Å²) in [5.74, 6) is 0.284. The van der Waals surface area contributed by atoms with Gasteiger partial charge in [0.15, 0.2) is 9.84 Å². The number of hydrogen-bond donors (Lipinski definition) is 0. The van der Waals surface area contributed by atoms with Crippen LogP contribution in [-0.2, 0) is 16.3 Å². The molecule has 70 valence electrons. The van der Waals surface area contributed by atoms with Crippen molar-refractivity contribution in [2.45, 2.75) is 25.2 Å². The van der Waals surface area contributed by atoms with E-state index in [1.165, 1.54) is 5.56 Å². The van der Waals surface area contributed by atoms with Gasteiger partial charge in [0.2, 0.25) is 0 Å². The smallest absolute Gasteiger partial charge is 0.178 e. The second-order valence-electron chi connectivity index (χ2n) is 3.55. The monoisotopic (exact) mass is 196 g/mol. The minimum Gasteiger partial charge on any atom is -0.224 e. The number of benzene rings is 1. The zero-order valence-electron chi connectivity index (χ0n) is 7.79. The lowest BCUT2D eigenvalue weighted by atomic mass is 10.0. The van der Waals surface area contributed by atoms with Crippen molar-refractivity contribution >= 4 is 9.84 Å². The van der Waals surface area contributed by atoms with Crippen LogP contribution in [-0.4, -0.2) is 14.2 Å². The van der Waals surface area contributed by atoms with Crippen molar-refractivity contribution in [2.24, 2.45) is 0 Å². The second kappa shape index (κ2) is 2.58. The molecule has 0 fully saturated rings. The first-order valence-electron chi connectivity index (χ1n) is 4.34. The highest BCUT2D eigenvalue weighted by Gasteiger charge is 2.27. The molecule has 1 aromatic carbocycles. The third kappa shape index (κ3) is 1.18. The number of fused-ring (bicyclic) bond motifs is 1. The fourth-order valence-corrected chi connectivity index (χ4v) is 3.40. The maximum Gasteiger partial charge on any atom is 0.178 e. The van der Waals surface area contributed by atoms with Crippen LogP contribution in [0, 0.1) is 13.8 Å². The maximum absolute atomic E-state index is 11.5. The van der Waals surface area contributed by atoms with Gasteiger partial charge in [-0.3, -0.25) is 0 Å². The van der Waals surface area contributed by atoms with E-state index in [-0.39, 0.29) is 5.75 Å². The SMILES string of the molecule is Cc1ccc2c(c1C)CCS2(=O)=O. The molecule has 0 atom stereocenters. The Morgan fingerprint density at radius 3 is 2.62 bits per heavy atom. The fourth-order valence-electron chi connectivity index (χ4n) is 1.80. The molecular weight excluding hydrogens is 184 g/mol. The summed E-state index contributed by atoms with van der Waals surface area (Å²) < 4.78 is 23.0. The average molecular weight is 196 g/mol. The molecule has 0 aromatic heterocycles. The zero-order chi connectivity index (χ0) is 9.64. The van der Waals surface area contributed by atoms with E-state index in [0.29, 0.717) is 11.3 Å². The zero-order valence-corrected chi connectivity index (χ0v) is 8.61. The molecule has 2 nitrogen and oxygen atoms in total. The van der Waals surface area contributed by atoms with Crippen molar-refractivity contribution in [3.8, 4) is 0 Å². The molecule has 0 radical (unpaired) electrons. The van der Waals surface area contributed by atoms with Gasteiger partial charge in [-0.05, 0) is 43.0 Å². The van der Waals surface area contributed by atoms with E-state index >= 15 is 0 Å². The lowest BCUT2D eigenvalue weighted by Crippen LogP contribution is -1.98. The molecule has 0 bridgehead atoms. The summed E-state index contributed by atoms with van der Waals surface area (Å²) in [6.07, 6.45) is 0.686. The van der Waals surface area contributed by atoms with Gasteiger partial charge in [0, 0.05) is 0 Å². The summed E-state index contributed by atoms with van der Waals surface area (Å²) in [7, 11) is -2.94. The molecule has 2 rings (SSSR count). The van der Waals surface area contributed by atoms with Gasteiger partial charge in [-0.1, -0.05) is 6.07 Å². The molecule has 3 heteroatoms. The third-order valence-corrected chi connectivity index (χ3v) is 4.58. The molecule has 0 saturated carbocycles. The molecule has 1 aromatic rings. The standard InChI is InChI=1S/C10H12O2S/c1-7-3-4-10-9(8(7)2)5-6-13(10,11)12/h3-4H,5-6H2,1-2H3. The van der Waals surface area contributed by atoms with Crippen LogP contribution in [0.3, 0.4) is 0 Å². The summed E-state index contributed by atoms with van der Waals surface area (Å²) in [5.41, 5.74) is 3.34. The molecule has 0 unspecified atom stereocenters. The van der Waals surface area contributed by atoms with Crippen molar-refractivity contribution in [2.75, 3.05) is 5.75 Å². The van der Waals surface area contributed by atoms with E-state index < -0.39 is 9.84 Å². The van der Waals surface area contributed by atoms with E-state index in [2.05, 4.69) is 0 Å². The molecule has 1 heterocycles. The highest BCUT2D eigenvalue weighted by molar-refractivity contribution is 7.91. The average Bonchev–Trinajstić information content (AvgIpc) is 2.35. The van der Waals surface area contributed by atoms with Crippen molar-refractivity contribution in [1.29, 1.82) is 0 Å². The molecule has 0 N–H and O–H groups in total. The summed E-state index contributed by atoms with van der Waals surface area (Å²) in [6, 6.07) is 3.62. The largest absolute Gasteiger partial charge is 0.224 e. The molecule has 0 saturated heterocycles. The van der Waals surface area contributed by atoms with Gasteiger partial charge in [-0.25, -0.2) is 8.42 Å². The van der Waals surface area contributed by atoms with Gasteiger partial charge in [0.1, 0.15) is 0 Å². The van der Waals surface area contributed by atoms with Gasteiger partial charge in [-0.15, -0.1) is 0 Å². The van der Waals surface area contributed by atoms with E-state index in [1.807, 2.05) is 19.9 Å². The first-order chi connectivity index (χ1) is 6.02. The maximum atomic E-state index is 11.5. The predicted molar refractivity (Wildman–Crippen MR) is 51.7 cm³/mol. The topological polar surface area (TPSA) is 34.1 Å². The lowest BCUT2D eigenvalue weighted by molar-refractivity contribution is 0.600. The van der Waals surface area contributed by atoms with Gasteiger partial charge in [0.25, 0.3) is 0 Å². The van der Waals surface area contributed by atoms with Crippen LogP contribution >= 0.6 is 0 Å². The quantitative estimate of drug-likeness (QED) is 0.632. The van der Waals surface area contributed by atoms with Crippen LogP contribution in [0.5, 0.6) is 0 Å². The number of sulfone groups is 1. The van der Waals surface area contributed by atoms with Crippen LogP contribution in [0.2, 0.25) is 0 Å². The minimum absolute atomic E-state index is 0.284. The summed E-state index contributed by atoms with van der Waals surface area (Å²) in [6.45, 7) is 4.01. The van der Waals surface area contributed by atoms with E-state index in [1.54, 1.807) is 6.07 Å². The fraction of sp³-hybridized carbons (Fsp3) is 0.400. The molecular formula is C10H12O2S. The molecule has 0 spiro atoms. The Kier molecular flexibility index (Phi) is 1.74. The van der Waals surface area contributed by atoms with Crippen molar-refractivity contribution in [1.82, 2.24) is 0 Å². The molecule has 0 aliphatic carbocycles. The van der Waals surface area contributed by atoms with Gasteiger partial charge in [0.05, 0.1) is 10.6 Å². The first kappa shape index (κ1) is 8.75. The van der Waals surface area contributed by atoms with E-state index in [0.717, 1.165) is 11.1 Å². The number of rotatable bonds is 0. The number of aryl methyl sites for hydroxylation is 1. The summed E-state index contributed by atoms with van der Waals surface area (Å²) >= 11 is 0. The Morgan fingerprint density at radius 1 is 1.23 bits per heavy atom. The summed E-state index contributed by atoms with van der Waals surface area (Å²) in [5, 5.41) is 0. The highest BCUT2D eigenvalue weighted by Crippen LogP contribution is 2.29. The van der Waals surface area contributed by atoms with Crippen LogP contribution in [0.25, 0.3) is 0 Å². The van der Waals surface area contributed by atoms with Crippen LogP contribution in [0.1, 0.15) is 16.7 Å². The van der Waals surface area contributed by atoms with E-state index in [9.17, 15) is 8.42 Å². The first-order valence-corrected chi connectivity index (χ1v) is 5.99. The molecule has 13 heavy (non-hydrogen) atoms. The Bertz CT molecular complexity index is 458. The Morgan fingerprint density at radius 2 is 1.92 bits per heavy atom. The normalized spacial score (nSPS) is 18.6. The lowest BCUT2D eigenvalue weighted by Gasteiger charge is -2.05. The van der Waals surface area contributed by atoms with Crippen LogP contribution < -0.4 is 0 Å². The van der Waals surface area contributed by atoms with Gasteiger partial charge >= 0.3 is 0 Å². The van der Waals surface area contributed by atoms with Gasteiger partial charge < -0.3 is 0 Å². The summed E-state index contributed by atoms with van der Waals surface area (Å²) in [4.78, 5) is 0.551. The molecule has 0 amide bonds. The molecule has 1 aliphatic rings. The highest BCUT2D eigenvalue weighted by atomic mass is 32.2. The van der Waals surface area contributed by atoms with Gasteiger partial charge in [-0.2, -0.15) is 0 Å². The third-order valence-electron chi connectivity index (χ3n) is 2.78. The predicted octanol–water partition coefficient (Wildman–Crippen LogP) is 1.63. The van der Waals surface area contributed by atoms with Crippen molar-refractivity contribution < 1.29 is 8.42 Å². The molecule has 1 aliphatic heterocycles. The Balaban J connectivity index is 2.78. The van der Waals surface area contributed by atoms with Crippen LogP contribution in [0.15, 0.2) is 17.0 Å². The number of hydrogen-bond acceptors (Lipinski definition) is 2. The Labute approximate surface area is 78.5 Å². The van der Waals surface area contributed by atoms with E-state index in [4.69, 9.17) is 0 Å². The van der Waals surface area contributed by atoms with Crippen LogP contribution in [0.4, 0.5) is 0 Å². The second-order valence-corrected chi connectivity index (χ2v) is 5.63.